The predicted octanol–water partition coefficient (Wildman–Crippen LogP) is 3.75. The quantitative estimate of drug-likeness (QED) is 0.880. The monoisotopic (exact) mass is 325 g/mol. The summed E-state index contributed by atoms with van der Waals surface area (Å²) in [5.41, 5.74) is 1.05. The Morgan fingerprint density at radius 1 is 1.17 bits per heavy atom. The molecule has 2 aromatic rings. The van der Waals surface area contributed by atoms with E-state index >= 15 is 0 Å². The Morgan fingerprint density at radius 2 is 1.83 bits per heavy atom. The first kappa shape index (κ1) is 13.1. The fraction of sp³-hybridized carbons (Fsp3) is 0.154. The van der Waals surface area contributed by atoms with Crippen LogP contribution in [-0.2, 0) is 17.8 Å². The van der Waals surface area contributed by atoms with Gasteiger partial charge in [-0.3, -0.25) is 4.79 Å². The van der Waals surface area contributed by atoms with Gasteiger partial charge in [0.2, 0.25) is 0 Å². The van der Waals surface area contributed by atoms with Crippen molar-refractivity contribution in [2.24, 2.45) is 0 Å². The highest BCUT2D eigenvalue weighted by atomic mass is 79.9. The van der Waals surface area contributed by atoms with Crippen LogP contribution in [0, 0.1) is 0 Å². The fourth-order valence-electron chi connectivity index (χ4n) is 1.52. The molecule has 0 bridgehead atoms. The van der Waals surface area contributed by atoms with Gasteiger partial charge in [-0.2, -0.15) is 0 Å². The molecular formula is C13H12BrNO2S. The zero-order chi connectivity index (χ0) is 13.0. The summed E-state index contributed by atoms with van der Waals surface area (Å²) in [7, 11) is 0. The highest BCUT2D eigenvalue weighted by molar-refractivity contribution is 9.10. The molecule has 1 aromatic carbocycles. The number of benzene rings is 1. The van der Waals surface area contributed by atoms with Crippen molar-refractivity contribution in [3.63, 3.8) is 0 Å². The van der Waals surface area contributed by atoms with E-state index in [1.807, 2.05) is 36.4 Å². The number of hydrogen-bond donors (Lipinski definition) is 2. The van der Waals surface area contributed by atoms with E-state index in [-0.39, 0.29) is 6.42 Å². The van der Waals surface area contributed by atoms with Crippen LogP contribution < -0.4 is 5.32 Å². The Morgan fingerprint density at radius 3 is 2.50 bits per heavy atom. The Hall–Kier alpha value is -1.33. The lowest BCUT2D eigenvalue weighted by Gasteiger charge is -2.04. The Balaban J connectivity index is 1.92. The van der Waals surface area contributed by atoms with Crippen LogP contribution >= 0.6 is 27.3 Å². The lowest BCUT2D eigenvalue weighted by Crippen LogP contribution is -1.97. The third-order valence-electron chi connectivity index (χ3n) is 2.35. The maximum atomic E-state index is 10.6. The van der Waals surface area contributed by atoms with Gasteiger partial charge < -0.3 is 10.4 Å². The number of thiophene rings is 1. The molecule has 2 rings (SSSR count). The number of halogens is 1. The molecule has 0 aliphatic heterocycles. The molecule has 0 amide bonds. The predicted molar refractivity (Wildman–Crippen MR) is 77.1 cm³/mol. The van der Waals surface area contributed by atoms with Crippen LogP contribution in [0.1, 0.15) is 9.75 Å². The van der Waals surface area contributed by atoms with Gasteiger partial charge in [0.05, 0.1) is 6.42 Å². The van der Waals surface area contributed by atoms with E-state index in [9.17, 15) is 4.79 Å². The van der Waals surface area contributed by atoms with Gasteiger partial charge in [-0.15, -0.1) is 11.3 Å². The SMILES string of the molecule is O=C(O)Cc1ccc(CNc2ccc(Br)cc2)s1. The summed E-state index contributed by atoms with van der Waals surface area (Å²) in [4.78, 5) is 12.6. The van der Waals surface area contributed by atoms with Gasteiger partial charge in [0.15, 0.2) is 0 Å². The van der Waals surface area contributed by atoms with E-state index in [1.54, 1.807) is 0 Å². The highest BCUT2D eigenvalue weighted by Crippen LogP contribution is 2.19. The standard InChI is InChI=1S/C13H12BrNO2S/c14-9-1-3-10(4-2-9)15-8-12-6-5-11(18-12)7-13(16)17/h1-6,15H,7-8H2,(H,16,17). The normalized spacial score (nSPS) is 10.3. The minimum Gasteiger partial charge on any atom is -0.481 e. The summed E-state index contributed by atoms with van der Waals surface area (Å²) < 4.78 is 1.05. The summed E-state index contributed by atoms with van der Waals surface area (Å²) >= 11 is 4.92. The van der Waals surface area contributed by atoms with Gasteiger partial charge in [0.1, 0.15) is 0 Å². The Bertz CT molecular complexity index is 536. The average molecular weight is 326 g/mol. The van der Waals surface area contributed by atoms with E-state index in [0.717, 1.165) is 19.9 Å². The summed E-state index contributed by atoms with van der Waals surface area (Å²) in [6.07, 6.45) is 0.100. The summed E-state index contributed by atoms with van der Waals surface area (Å²) in [5.74, 6) is -0.788. The van der Waals surface area contributed by atoms with Crippen LogP contribution in [0.2, 0.25) is 0 Å². The van der Waals surface area contributed by atoms with Crippen molar-refractivity contribution in [1.29, 1.82) is 0 Å². The second kappa shape index (κ2) is 6.02. The Labute approximate surface area is 118 Å². The molecule has 1 aromatic heterocycles. The maximum absolute atomic E-state index is 10.6. The molecule has 0 fully saturated rings. The van der Waals surface area contributed by atoms with Crippen molar-refractivity contribution in [3.05, 3.63) is 50.6 Å². The molecule has 0 spiro atoms. The van der Waals surface area contributed by atoms with Crippen LogP contribution in [-0.4, -0.2) is 11.1 Å². The maximum Gasteiger partial charge on any atom is 0.308 e. The number of hydrogen-bond acceptors (Lipinski definition) is 3. The van der Waals surface area contributed by atoms with Gasteiger partial charge >= 0.3 is 5.97 Å². The van der Waals surface area contributed by atoms with E-state index in [4.69, 9.17) is 5.11 Å². The fourth-order valence-corrected chi connectivity index (χ4v) is 2.73. The van der Waals surface area contributed by atoms with Crippen molar-refractivity contribution in [2.45, 2.75) is 13.0 Å². The molecule has 18 heavy (non-hydrogen) atoms. The van der Waals surface area contributed by atoms with Crippen LogP contribution in [0.3, 0.4) is 0 Å². The first-order valence-corrected chi connectivity index (χ1v) is 7.03. The molecule has 0 saturated carbocycles. The topological polar surface area (TPSA) is 49.3 Å². The number of anilines is 1. The largest absolute Gasteiger partial charge is 0.481 e. The van der Waals surface area contributed by atoms with E-state index < -0.39 is 5.97 Å². The van der Waals surface area contributed by atoms with Crippen molar-refractivity contribution < 1.29 is 9.90 Å². The number of aliphatic carboxylic acids is 1. The molecular weight excluding hydrogens is 314 g/mol. The van der Waals surface area contributed by atoms with Gasteiger partial charge in [-0.25, -0.2) is 0 Å². The first-order chi connectivity index (χ1) is 8.63. The van der Waals surface area contributed by atoms with Crippen LogP contribution in [0.25, 0.3) is 0 Å². The highest BCUT2D eigenvalue weighted by Gasteiger charge is 2.04. The number of rotatable bonds is 5. The van der Waals surface area contributed by atoms with E-state index in [0.29, 0.717) is 6.54 Å². The summed E-state index contributed by atoms with van der Waals surface area (Å²) in [5, 5.41) is 12.0. The molecule has 1 heterocycles. The van der Waals surface area contributed by atoms with E-state index in [2.05, 4.69) is 21.2 Å². The third-order valence-corrected chi connectivity index (χ3v) is 3.97. The average Bonchev–Trinajstić information content (AvgIpc) is 2.75. The smallest absolute Gasteiger partial charge is 0.308 e. The molecule has 0 atom stereocenters. The summed E-state index contributed by atoms with van der Waals surface area (Å²) in [6.45, 7) is 0.714. The second-order valence-corrected chi connectivity index (χ2v) is 5.97. The minimum atomic E-state index is -0.788. The van der Waals surface area contributed by atoms with Crippen molar-refractivity contribution in [1.82, 2.24) is 0 Å². The number of carboxylic acid groups (broad SMARTS) is 1. The zero-order valence-electron chi connectivity index (χ0n) is 9.52. The third kappa shape index (κ3) is 3.85. The van der Waals surface area contributed by atoms with Gasteiger partial charge in [0, 0.05) is 26.5 Å². The lowest BCUT2D eigenvalue weighted by molar-refractivity contribution is -0.136. The molecule has 0 unspecified atom stereocenters. The molecule has 94 valence electrons. The number of carboxylic acids is 1. The molecule has 5 heteroatoms. The van der Waals surface area contributed by atoms with Crippen LogP contribution in [0.5, 0.6) is 0 Å². The van der Waals surface area contributed by atoms with Crippen LogP contribution in [0.4, 0.5) is 5.69 Å². The second-order valence-electron chi connectivity index (χ2n) is 3.80. The molecule has 0 aliphatic rings. The van der Waals surface area contributed by atoms with Crippen molar-refractivity contribution in [2.75, 3.05) is 5.32 Å². The van der Waals surface area contributed by atoms with Gasteiger partial charge in [-0.05, 0) is 36.4 Å². The number of nitrogens with one attached hydrogen (secondary N) is 1. The first-order valence-electron chi connectivity index (χ1n) is 5.42. The van der Waals surface area contributed by atoms with Gasteiger partial charge in [-0.1, -0.05) is 15.9 Å². The summed E-state index contributed by atoms with van der Waals surface area (Å²) in [6, 6.07) is 11.8. The zero-order valence-corrected chi connectivity index (χ0v) is 11.9. The molecule has 0 aliphatic carbocycles. The number of carbonyl (C=O) groups is 1. The van der Waals surface area contributed by atoms with Crippen molar-refractivity contribution >= 4 is 38.9 Å². The molecule has 2 N–H and O–H groups in total. The Kier molecular flexibility index (Phi) is 4.38. The lowest BCUT2D eigenvalue weighted by atomic mass is 10.3. The minimum absolute atomic E-state index is 0.100. The van der Waals surface area contributed by atoms with Crippen LogP contribution in [0.15, 0.2) is 40.9 Å². The van der Waals surface area contributed by atoms with Gasteiger partial charge in [0.25, 0.3) is 0 Å². The molecule has 0 radical (unpaired) electrons. The van der Waals surface area contributed by atoms with Crippen molar-refractivity contribution in [3.8, 4) is 0 Å². The molecule has 3 nitrogen and oxygen atoms in total. The van der Waals surface area contributed by atoms with E-state index in [1.165, 1.54) is 11.3 Å². The molecule has 0 saturated heterocycles.